The van der Waals surface area contributed by atoms with Crippen LogP contribution in [0.3, 0.4) is 0 Å². The Kier molecular flexibility index (Phi) is 8.26. The van der Waals surface area contributed by atoms with Crippen molar-refractivity contribution in [2.24, 2.45) is 0 Å². The predicted molar refractivity (Wildman–Crippen MR) is 129 cm³/mol. The van der Waals surface area contributed by atoms with Gasteiger partial charge in [-0.1, -0.05) is 24.3 Å². The van der Waals surface area contributed by atoms with E-state index in [1.165, 1.54) is 35.2 Å². The number of fused-ring (bicyclic) bond motifs is 1. The van der Waals surface area contributed by atoms with Gasteiger partial charge in [0.1, 0.15) is 6.61 Å². The molecule has 12 heteroatoms. The third kappa shape index (κ3) is 5.80. The lowest BCUT2D eigenvalue weighted by molar-refractivity contribution is -0.145. The molecule has 2 N–H and O–H groups in total. The van der Waals surface area contributed by atoms with Crippen LogP contribution in [0.25, 0.3) is 22.0 Å². The van der Waals surface area contributed by atoms with Gasteiger partial charge in [0.05, 0.1) is 18.5 Å². The van der Waals surface area contributed by atoms with Crippen molar-refractivity contribution in [2.75, 3.05) is 31.6 Å². The predicted octanol–water partition coefficient (Wildman–Crippen LogP) is 4.11. The van der Waals surface area contributed by atoms with Crippen molar-refractivity contribution in [3.8, 4) is 11.3 Å². The van der Waals surface area contributed by atoms with Gasteiger partial charge in [0.15, 0.2) is 6.10 Å². The Bertz CT molecular complexity index is 1330. The van der Waals surface area contributed by atoms with Gasteiger partial charge in [0.2, 0.25) is 0 Å². The third-order valence-corrected chi connectivity index (χ3v) is 5.55. The molecule has 36 heavy (non-hydrogen) atoms. The third-order valence-electron chi connectivity index (χ3n) is 5.55. The molecule has 4 rings (SSSR count). The highest BCUT2D eigenvalue weighted by atomic mass is 35.5. The molecule has 1 fully saturated rings. The number of ether oxygens (including phenoxy) is 2. The molecule has 0 bridgehead atoms. The van der Waals surface area contributed by atoms with E-state index in [0.717, 1.165) is 6.07 Å². The molecule has 0 unspecified atom stereocenters. The van der Waals surface area contributed by atoms with E-state index in [1.54, 1.807) is 19.2 Å². The molecule has 0 aliphatic carbocycles. The molecule has 1 aliphatic rings. The van der Waals surface area contributed by atoms with Gasteiger partial charge in [-0.3, -0.25) is 14.5 Å². The van der Waals surface area contributed by atoms with Gasteiger partial charge < -0.3 is 19.8 Å². The van der Waals surface area contributed by atoms with E-state index in [-0.39, 0.29) is 48.6 Å². The van der Waals surface area contributed by atoms with Crippen LogP contribution in [0.2, 0.25) is 0 Å². The summed E-state index contributed by atoms with van der Waals surface area (Å²) in [5.74, 6) is -0.422. The van der Waals surface area contributed by atoms with Gasteiger partial charge in [-0.05, 0) is 36.7 Å². The number of pyridine rings is 1. The second-order valence-electron chi connectivity index (χ2n) is 7.98. The Hall–Kier alpha value is -3.57. The monoisotopic (exact) mass is 525 g/mol. The van der Waals surface area contributed by atoms with Crippen LogP contribution in [0.1, 0.15) is 12.0 Å². The number of hydrogen-bond acceptors (Lipinski definition) is 6. The zero-order valence-electron chi connectivity index (χ0n) is 19.1. The maximum absolute atomic E-state index is 13.4. The van der Waals surface area contributed by atoms with Crippen LogP contribution in [0.15, 0.2) is 53.3 Å². The number of aromatic amines is 1. The Morgan fingerprint density at radius 2 is 1.94 bits per heavy atom. The van der Waals surface area contributed by atoms with E-state index in [0.29, 0.717) is 17.6 Å². The highest BCUT2D eigenvalue weighted by Crippen LogP contribution is 2.36. The number of benzene rings is 2. The lowest BCUT2D eigenvalue weighted by atomic mass is 10.0. The zero-order valence-corrected chi connectivity index (χ0v) is 19.9. The Balaban J connectivity index is 0.00000361. The molecule has 0 spiro atoms. The van der Waals surface area contributed by atoms with E-state index in [2.05, 4.69) is 10.3 Å². The van der Waals surface area contributed by atoms with Crippen molar-refractivity contribution in [3.63, 3.8) is 0 Å². The lowest BCUT2D eigenvalue weighted by Gasteiger charge is -2.15. The summed E-state index contributed by atoms with van der Waals surface area (Å²) in [5.41, 5.74) is -1.19. The van der Waals surface area contributed by atoms with Crippen molar-refractivity contribution >= 4 is 40.9 Å². The summed E-state index contributed by atoms with van der Waals surface area (Å²) < 4.78 is 50.6. The minimum Gasteiger partial charge on any atom is -0.462 e. The number of esters is 1. The average molecular weight is 526 g/mol. The first-order chi connectivity index (χ1) is 16.7. The van der Waals surface area contributed by atoms with Crippen molar-refractivity contribution in [1.82, 2.24) is 10.3 Å². The van der Waals surface area contributed by atoms with E-state index < -0.39 is 35.5 Å². The quantitative estimate of drug-likeness (QED) is 0.450. The fraction of sp³-hybridized carbons (Fsp3) is 0.292. The van der Waals surface area contributed by atoms with Gasteiger partial charge in [0, 0.05) is 28.9 Å². The number of halogens is 4. The topological polar surface area (TPSA) is 101 Å². The molecule has 0 radical (unpaired) electrons. The fourth-order valence-corrected chi connectivity index (χ4v) is 3.83. The van der Waals surface area contributed by atoms with Crippen molar-refractivity contribution < 1.29 is 32.2 Å². The zero-order chi connectivity index (χ0) is 25.2. The Labute approximate surface area is 209 Å². The number of carbonyl (C=O) groups is 2. The van der Waals surface area contributed by atoms with Crippen molar-refractivity contribution in [2.45, 2.75) is 18.7 Å². The summed E-state index contributed by atoms with van der Waals surface area (Å²) in [6.07, 6.45) is -5.73. The minimum absolute atomic E-state index is 0. The second kappa shape index (κ2) is 11.0. The smallest absolute Gasteiger partial charge is 0.417 e. The van der Waals surface area contributed by atoms with Crippen LogP contribution in [-0.2, 0) is 20.4 Å². The minimum atomic E-state index is -4.58. The van der Waals surface area contributed by atoms with Crippen LogP contribution >= 0.6 is 12.4 Å². The van der Waals surface area contributed by atoms with Crippen LogP contribution in [0.5, 0.6) is 0 Å². The maximum Gasteiger partial charge on any atom is 0.417 e. The largest absolute Gasteiger partial charge is 0.462 e. The lowest BCUT2D eigenvalue weighted by Crippen LogP contribution is -2.27. The Morgan fingerprint density at radius 1 is 1.19 bits per heavy atom. The van der Waals surface area contributed by atoms with Gasteiger partial charge in [-0.15, -0.1) is 12.4 Å². The number of rotatable bonds is 7. The first-order valence-electron chi connectivity index (χ1n) is 10.8. The SMILES string of the molecule is CNCCC(=O)OC[C@H]1CN(c2ccc3cc(-c4ccccc4C(F)(F)F)[nH]c(=O)c3c2)C(=O)O1.Cl. The number of amides is 1. The number of anilines is 1. The molecule has 8 nitrogen and oxygen atoms in total. The molecule has 1 amide bonds. The molecule has 2 aromatic carbocycles. The second-order valence-corrected chi connectivity index (χ2v) is 7.98. The number of cyclic esters (lactones) is 1. The molecule has 1 aliphatic heterocycles. The summed E-state index contributed by atoms with van der Waals surface area (Å²) >= 11 is 0. The normalized spacial score (nSPS) is 15.5. The van der Waals surface area contributed by atoms with Crippen molar-refractivity contribution in [1.29, 1.82) is 0 Å². The highest BCUT2D eigenvalue weighted by Gasteiger charge is 2.34. The summed E-state index contributed by atoms with van der Waals surface area (Å²) in [6, 6.07) is 11.0. The summed E-state index contributed by atoms with van der Waals surface area (Å²) in [5, 5.41) is 3.44. The van der Waals surface area contributed by atoms with Crippen LogP contribution in [0, 0.1) is 0 Å². The average Bonchev–Trinajstić information content (AvgIpc) is 3.21. The van der Waals surface area contributed by atoms with Crippen LogP contribution < -0.4 is 15.8 Å². The number of nitrogens with zero attached hydrogens (tertiary/aromatic N) is 1. The maximum atomic E-state index is 13.4. The van der Waals surface area contributed by atoms with E-state index in [4.69, 9.17) is 9.47 Å². The molecule has 1 atom stereocenters. The first kappa shape index (κ1) is 27.0. The van der Waals surface area contributed by atoms with Gasteiger partial charge in [0.25, 0.3) is 5.56 Å². The molecular formula is C24H23ClF3N3O5. The first-order valence-corrected chi connectivity index (χ1v) is 10.8. The number of hydrogen-bond donors (Lipinski definition) is 2. The molecule has 1 aromatic heterocycles. The number of nitrogens with one attached hydrogen (secondary N) is 2. The summed E-state index contributed by atoms with van der Waals surface area (Å²) in [7, 11) is 1.71. The van der Waals surface area contributed by atoms with Crippen molar-refractivity contribution in [3.05, 3.63) is 64.4 Å². The summed E-state index contributed by atoms with van der Waals surface area (Å²) in [6.45, 7) is 0.476. The molecule has 0 saturated carbocycles. The number of carbonyl (C=O) groups excluding carboxylic acids is 2. The van der Waals surface area contributed by atoms with Crippen LogP contribution in [0.4, 0.5) is 23.7 Å². The van der Waals surface area contributed by atoms with Gasteiger partial charge >= 0.3 is 18.2 Å². The van der Waals surface area contributed by atoms with E-state index in [9.17, 15) is 27.6 Å². The fourth-order valence-electron chi connectivity index (χ4n) is 3.83. The highest BCUT2D eigenvalue weighted by molar-refractivity contribution is 5.94. The molecule has 1 saturated heterocycles. The molecule has 2 heterocycles. The number of H-pyrrole nitrogens is 1. The molecular weight excluding hydrogens is 503 g/mol. The standard InChI is InChI=1S/C24H22F3N3O5.ClH/c1-28-9-8-21(31)34-13-16-12-30(23(33)35-16)15-7-6-14-10-20(29-22(32)18(14)11-15)17-4-2-3-5-19(17)24(25,26)27;/h2-7,10-11,16,28H,8-9,12-13H2,1H3,(H,29,32);1H/t16-;/m1./s1. The van der Waals surface area contributed by atoms with E-state index in [1.807, 2.05) is 0 Å². The van der Waals surface area contributed by atoms with Gasteiger partial charge in [-0.2, -0.15) is 13.2 Å². The molecule has 3 aromatic rings. The summed E-state index contributed by atoms with van der Waals surface area (Å²) in [4.78, 5) is 40.6. The number of alkyl halides is 3. The van der Waals surface area contributed by atoms with Crippen LogP contribution in [-0.4, -0.2) is 49.9 Å². The van der Waals surface area contributed by atoms with E-state index >= 15 is 0 Å². The molecule has 192 valence electrons. The Morgan fingerprint density at radius 3 is 2.67 bits per heavy atom. The number of aromatic nitrogens is 1. The van der Waals surface area contributed by atoms with Gasteiger partial charge in [-0.25, -0.2) is 4.79 Å².